The van der Waals surface area contributed by atoms with E-state index in [0.29, 0.717) is 16.9 Å². The molecular formula is C18H18N4O2. The number of fused-ring (bicyclic) bond motifs is 1. The van der Waals surface area contributed by atoms with Gasteiger partial charge in [0.25, 0.3) is 5.91 Å². The Kier molecular flexibility index (Phi) is 3.95. The van der Waals surface area contributed by atoms with E-state index in [1.54, 1.807) is 30.3 Å². The summed E-state index contributed by atoms with van der Waals surface area (Å²) < 4.78 is 0. The Balaban J connectivity index is 1.79. The third-order valence-electron chi connectivity index (χ3n) is 3.98. The molecule has 0 bridgehead atoms. The van der Waals surface area contributed by atoms with E-state index in [2.05, 4.69) is 15.6 Å². The Morgan fingerprint density at radius 1 is 0.958 bits per heavy atom. The molecule has 0 aliphatic carbocycles. The number of nitrogens with one attached hydrogen (secondary N) is 3. The second-order valence-electron chi connectivity index (χ2n) is 5.66. The number of aromatic amines is 1. The number of benzene rings is 2. The van der Waals surface area contributed by atoms with Crippen LogP contribution in [0.2, 0.25) is 0 Å². The molecule has 0 fully saturated rings. The predicted octanol–water partition coefficient (Wildman–Crippen LogP) is 3.53. The van der Waals surface area contributed by atoms with Crippen molar-refractivity contribution in [2.45, 2.75) is 13.8 Å². The summed E-state index contributed by atoms with van der Waals surface area (Å²) in [5.41, 5.74) is 10.1. The quantitative estimate of drug-likeness (QED) is 0.593. The molecule has 122 valence electrons. The number of nitrogens with two attached hydrogens (primary N) is 1. The molecule has 0 saturated heterocycles. The van der Waals surface area contributed by atoms with E-state index >= 15 is 0 Å². The highest BCUT2D eigenvalue weighted by molar-refractivity contribution is 6.06. The maximum Gasteiger partial charge on any atom is 0.316 e. The second-order valence-corrected chi connectivity index (χ2v) is 5.66. The van der Waals surface area contributed by atoms with Gasteiger partial charge < -0.3 is 21.4 Å². The maximum atomic E-state index is 12.4. The molecule has 3 amide bonds. The van der Waals surface area contributed by atoms with Gasteiger partial charge in [-0.1, -0.05) is 0 Å². The summed E-state index contributed by atoms with van der Waals surface area (Å²) >= 11 is 0. The van der Waals surface area contributed by atoms with Gasteiger partial charge in [0.1, 0.15) is 0 Å². The number of aromatic nitrogens is 1. The first-order valence-electron chi connectivity index (χ1n) is 7.51. The third kappa shape index (κ3) is 3.08. The van der Waals surface area contributed by atoms with Crippen LogP contribution in [0.25, 0.3) is 10.9 Å². The number of H-pyrrole nitrogens is 1. The third-order valence-corrected chi connectivity index (χ3v) is 3.98. The number of amides is 3. The van der Waals surface area contributed by atoms with Crippen molar-refractivity contribution in [2.24, 2.45) is 5.73 Å². The molecular weight excluding hydrogens is 304 g/mol. The van der Waals surface area contributed by atoms with Crippen molar-refractivity contribution in [3.8, 4) is 0 Å². The average Bonchev–Trinajstić information content (AvgIpc) is 2.83. The lowest BCUT2D eigenvalue weighted by atomic mass is 10.1. The fraction of sp³-hybridized carbons (Fsp3) is 0.111. The molecule has 3 aromatic rings. The van der Waals surface area contributed by atoms with Gasteiger partial charge in [0.2, 0.25) is 0 Å². The van der Waals surface area contributed by atoms with E-state index in [1.165, 1.54) is 0 Å². The van der Waals surface area contributed by atoms with Gasteiger partial charge in [-0.15, -0.1) is 0 Å². The average molecular weight is 322 g/mol. The van der Waals surface area contributed by atoms with E-state index in [9.17, 15) is 9.59 Å². The molecule has 0 unspecified atom stereocenters. The van der Waals surface area contributed by atoms with Crippen LogP contribution < -0.4 is 16.4 Å². The second kappa shape index (κ2) is 6.08. The number of aryl methyl sites for hydroxylation is 2. The van der Waals surface area contributed by atoms with Crippen LogP contribution in [0, 0.1) is 13.8 Å². The molecule has 3 rings (SSSR count). The van der Waals surface area contributed by atoms with Crippen molar-refractivity contribution < 1.29 is 9.59 Å². The minimum atomic E-state index is -0.628. The highest BCUT2D eigenvalue weighted by atomic mass is 16.2. The van der Waals surface area contributed by atoms with Gasteiger partial charge >= 0.3 is 6.03 Å². The Hall–Kier alpha value is -3.28. The van der Waals surface area contributed by atoms with E-state index in [4.69, 9.17) is 5.73 Å². The van der Waals surface area contributed by atoms with Crippen molar-refractivity contribution in [2.75, 3.05) is 10.6 Å². The van der Waals surface area contributed by atoms with Gasteiger partial charge in [-0.2, -0.15) is 0 Å². The topological polar surface area (TPSA) is 100 Å². The smallest absolute Gasteiger partial charge is 0.316 e. The van der Waals surface area contributed by atoms with Crippen molar-refractivity contribution in [3.05, 3.63) is 59.3 Å². The predicted molar refractivity (Wildman–Crippen MR) is 95.4 cm³/mol. The minimum Gasteiger partial charge on any atom is -0.358 e. The summed E-state index contributed by atoms with van der Waals surface area (Å²) in [7, 11) is 0. The van der Waals surface area contributed by atoms with Crippen LogP contribution in [-0.4, -0.2) is 16.9 Å². The zero-order valence-corrected chi connectivity index (χ0v) is 13.4. The van der Waals surface area contributed by atoms with Gasteiger partial charge in [0.15, 0.2) is 0 Å². The van der Waals surface area contributed by atoms with Crippen LogP contribution in [0.15, 0.2) is 42.5 Å². The van der Waals surface area contributed by atoms with Crippen molar-refractivity contribution >= 4 is 34.2 Å². The summed E-state index contributed by atoms with van der Waals surface area (Å²) in [5.74, 6) is -0.189. The number of anilines is 2. The zero-order valence-electron chi connectivity index (χ0n) is 13.4. The number of rotatable bonds is 3. The van der Waals surface area contributed by atoms with Gasteiger partial charge in [0.05, 0.1) is 0 Å². The van der Waals surface area contributed by atoms with Crippen molar-refractivity contribution in [1.29, 1.82) is 0 Å². The fourth-order valence-electron chi connectivity index (χ4n) is 2.58. The van der Waals surface area contributed by atoms with E-state index in [0.717, 1.165) is 22.2 Å². The summed E-state index contributed by atoms with van der Waals surface area (Å²) in [4.78, 5) is 26.5. The maximum absolute atomic E-state index is 12.4. The monoisotopic (exact) mass is 322 g/mol. The molecule has 1 aromatic heterocycles. The van der Waals surface area contributed by atoms with Gasteiger partial charge in [-0.25, -0.2) is 4.79 Å². The largest absolute Gasteiger partial charge is 0.358 e. The van der Waals surface area contributed by atoms with Crippen molar-refractivity contribution in [1.82, 2.24) is 4.98 Å². The van der Waals surface area contributed by atoms with Gasteiger partial charge in [0, 0.05) is 33.5 Å². The van der Waals surface area contributed by atoms with Crippen LogP contribution in [0.3, 0.4) is 0 Å². The normalized spacial score (nSPS) is 10.6. The molecule has 0 spiro atoms. The SMILES string of the molecule is Cc1[nH]c2ccc(C(=O)Nc3ccc(NC(N)=O)cc3)cc2c1C. The molecule has 24 heavy (non-hydrogen) atoms. The Labute approximate surface area is 139 Å². The Morgan fingerprint density at radius 2 is 1.58 bits per heavy atom. The molecule has 0 aliphatic rings. The highest BCUT2D eigenvalue weighted by Crippen LogP contribution is 2.23. The van der Waals surface area contributed by atoms with E-state index in [-0.39, 0.29) is 5.91 Å². The molecule has 6 nitrogen and oxygen atoms in total. The number of carbonyl (C=O) groups excluding carboxylic acids is 2. The lowest BCUT2D eigenvalue weighted by Gasteiger charge is -2.07. The first-order chi connectivity index (χ1) is 11.4. The summed E-state index contributed by atoms with van der Waals surface area (Å²) in [6.45, 7) is 4.04. The van der Waals surface area contributed by atoms with Gasteiger partial charge in [-0.3, -0.25) is 4.79 Å². The minimum absolute atomic E-state index is 0.189. The first kappa shape index (κ1) is 15.6. The number of hydrogen-bond acceptors (Lipinski definition) is 2. The zero-order chi connectivity index (χ0) is 17.3. The summed E-state index contributed by atoms with van der Waals surface area (Å²) in [6, 6.07) is 11.7. The first-order valence-corrected chi connectivity index (χ1v) is 7.51. The van der Waals surface area contributed by atoms with E-state index < -0.39 is 6.03 Å². The summed E-state index contributed by atoms with van der Waals surface area (Å²) in [5, 5.41) is 6.35. The molecule has 1 heterocycles. The van der Waals surface area contributed by atoms with Crippen LogP contribution in [0.1, 0.15) is 21.6 Å². The lowest BCUT2D eigenvalue weighted by Crippen LogP contribution is -2.19. The van der Waals surface area contributed by atoms with Gasteiger partial charge in [-0.05, 0) is 61.9 Å². The highest BCUT2D eigenvalue weighted by Gasteiger charge is 2.10. The number of carbonyl (C=O) groups is 2. The lowest BCUT2D eigenvalue weighted by molar-refractivity contribution is 0.102. The molecule has 0 aliphatic heterocycles. The van der Waals surface area contributed by atoms with E-state index in [1.807, 2.05) is 26.0 Å². The Morgan fingerprint density at radius 3 is 2.21 bits per heavy atom. The number of primary amides is 1. The number of urea groups is 1. The van der Waals surface area contributed by atoms with Crippen LogP contribution >= 0.6 is 0 Å². The summed E-state index contributed by atoms with van der Waals surface area (Å²) in [6.07, 6.45) is 0. The number of hydrogen-bond donors (Lipinski definition) is 4. The molecule has 0 saturated carbocycles. The Bertz CT molecular complexity index is 926. The molecule has 2 aromatic carbocycles. The molecule has 6 heteroatoms. The standard InChI is InChI=1S/C18H18N4O2/c1-10-11(2)20-16-8-3-12(9-15(10)16)17(23)21-13-4-6-14(7-5-13)22-18(19)24/h3-9,20H,1-2H3,(H,21,23)(H3,19,22,24). The van der Waals surface area contributed by atoms with Crippen LogP contribution in [0.4, 0.5) is 16.2 Å². The molecule has 0 radical (unpaired) electrons. The van der Waals surface area contributed by atoms with Crippen LogP contribution in [-0.2, 0) is 0 Å². The fourth-order valence-corrected chi connectivity index (χ4v) is 2.58. The molecule has 5 N–H and O–H groups in total. The van der Waals surface area contributed by atoms with Crippen molar-refractivity contribution in [3.63, 3.8) is 0 Å². The van der Waals surface area contributed by atoms with Crippen LogP contribution in [0.5, 0.6) is 0 Å². The molecule has 0 atom stereocenters.